The summed E-state index contributed by atoms with van der Waals surface area (Å²) in [7, 11) is 1.00. The minimum atomic E-state index is 1.00. The van der Waals surface area contributed by atoms with Gasteiger partial charge in [-0.3, -0.25) is 0 Å². The first-order chi connectivity index (χ1) is 6.86. The van der Waals surface area contributed by atoms with Crippen LogP contribution < -0.4 is 0 Å². The van der Waals surface area contributed by atoms with Gasteiger partial charge in [0.15, 0.2) is 0 Å². The van der Waals surface area contributed by atoms with E-state index in [1.807, 2.05) is 0 Å². The standard InChI is InChI=1S/C12H24.CH4O/c1-3-11(4-2)9-10-12-7-5-6-8-12;1-2/h11-12H,3-10H2,1-2H3;2H,1H3. The van der Waals surface area contributed by atoms with Crippen LogP contribution in [0.2, 0.25) is 0 Å². The summed E-state index contributed by atoms with van der Waals surface area (Å²) in [4.78, 5) is 0. The molecule has 1 heteroatoms. The number of rotatable bonds is 5. The number of aliphatic hydroxyl groups excluding tert-OH is 1. The summed E-state index contributed by atoms with van der Waals surface area (Å²) in [5.41, 5.74) is 0. The first-order valence-electron chi connectivity index (χ1n) is 6.31. The second-order valence-corrected chi connectivity index (χ2v) is 4.41. The van der Waals surface area contributed by atoms with E-state index in [0.29, 0.717) is 0 Å². The van der Waals surface area contributed by atoms with Gasteiger partial charge >= 0.3 is 0 Å². The van der Waals surface area contributed by atoms with Crippen molar-refractivity contribution < 1.29 is 5.11 Å². The average Bonchev–Trinajstić information content (AvgIpc) is 2.75. The van der Waals surface area contributed by atoms with Gasteiger partial charge in [0.05, 0.1) is 0 Å². The second-order valence-electron chi connectivity index (χ2n) is 4.41. The molecule has 0 aliphatic heterocycles. The van der Waals surface area contributed by atoms with Crippen LogP contribution in [0.5, 0.6) is 0 Å². The summed E-state index contributed by atoms with van der Waals surface area (Å²) >= 11 is 0. The zero-order valence-corrected chi connectivity index (χ0v) is 10.3. The van der Waals surface area contributed by atoms with E-state index in [4.69, 9.17) is 5.11 Å². The Labute approximate surface area is 89.9 Å². The molecule has 0 bridgehead atoms. The minimum absolute atomic E-state index is 1.00. The van der Waals surface area contributed by atoms with E-state index < -0.39 is 0 Å². The van der Waals surface area contributed by atoms with Crippen molar-refractivity contribution in [3.8, 4) is 0 Å². The lowest BCUT2D eigenvalue weighted by Crippen LogP contribution is -2.01. The van der Waals surface area contributed by atoms with Crippen molar-refractivity contribution in [3.63, 3.8) is 0 Å². The Morgan fingerprint density at radius 1 is 1.07 bits per heavy atom. The first-order valence-corrected chi connectivity index (χ1v) is 6.31. The van der Waals surface area contributed by atoms with Crippen LogP contribution in [0.4, 0.5) is 0 Å². The van der Waals surface area contributed by atoms with E-state index in [9.17, 15) is 0 Å². The molecule has 0 amide bonds. The summed E-state index contributed by atoms with van der Waals surface area (Å²) in [5.74, 6) is 2.12. The van der Waals surface area contributed by atoms with Crippen LogP contribution in [0, 0.1) is 11.8 Å². The zero-order chi connectivity index (χ0) is 10.8. The lowest BCUT2D eigenvalue weighted by atomic mass is 9.91. The molecule has 0 heterocycles. The van der Waals surface area contributed by atoms with Crippen molar-refractivity contribution >= 4 is 0 Å². The lowest BCUT2D eigenvalue weighted by molar-refractivity contribution is 0.380. The van der Waals surface area contributed by atoms with Gasteiger partial charge in [-0.25, -0.2) is 0 Å². The maximum atomic E-state index is 7.00. The van der Waals surface area contributed by atoms with Crippen molar-refractivity contribution in [2.45, 2.75) is 65.2 Å². The zero-order valence-electron chi connectivity index (χ0n) is 10.3. The molecule has 0 aromatic carbocycles. The Kier molecular flexibility index (Phi) is 9.49. The molecular formula is C13H28O. The van der Waals surface area contributed by atoms with Crippen LogP contribution in [0.25, 0.3) is 0 Å². The fourth-order valence-corrected chi connectivity index (χ4v) is 2.47. The highest BCUT2D eigenvalue weighted by Gasteiger charge is 2.15. The van der Waals surface area contributed by atoms with Gasteiger partial charge in [-0.2, -0.15) is 0 Å². The summed E-state index contributed by atoms with van der Waals surface area (Å²) in [6.45, 7) is 4.67. The van der Waals surface area contributed by atoms with Gasteiger partial charge in [0.1, 0.15) is 0 Å². The van der Waals surface area contributed by atoms with Crippen molar-refractivity contribution in [1.82, 2.24) is 0 Å². The molecule has 1 fully saturated rings. The van der Waals surface area contributed by atoms with Gasteiger partial charge in [0.2, 0.25) is 0 Å². The van der Waals surface area contributed by atoms with E-state index in [0.717, 1.165) is 18.9 Å². The van der Waals surface area contributed by atoms with Crippen LogP contribution in [0.3, 0.4) is 0 Å². The van der Waals surface area contributed by atoms with Crippen LogP contribution in [-0.4, -0.2) is 12.2 Å². The van der Waals surface area contributed by atoms with E-state index in [2.05, 4.69) is 13.8 Å². The topological polar surface area (TPSA) is 20.2 Å². The molecular weight excluding hydrogens is 172 g/mol. The third-order valence-electron chi connectivity index (χ3n) is 3.61. The Morgan fingerprint density at radius 2 is 1.57 bits per heavy atom. The largest absolute Gasteiger partial charge is 0.400 e. The Hall–Kier alpha value is -0.0400. The van der Waals surface area contributed by atoms with E-state index >= 15 is 0 Å². The molecule has 1 saturated carbocycles. The summed E-state index contributed by atoms with van der Waals surface area (Å²) in [5, 5.41) is 7.00. The molecule has 0 atom stereocenters. The van der Waals surface area contributed by atoms with Gasteiger partial charge in [0.25, 0.3) is 0 Å². The van der Waals surface area contributed by atoms with Crippen LogP contribution in [0.15, 0.2) is 0 Å². The quantitative estimate of drug-likeness (QED) is 0.711. The van der Waals surface area contributed by atoms with Crippen molar-refractivity contribution in [2.75, 3.05) is 7.11 Å². The highest BCUT2D eigenvalue weighted by Crippen LogP contribution is 2.30. The van der Waals surface area contributed by atoms with Crippen LogP contribution in [-0.2, 0) is 0 Å². The van der Waals surface area contributed by atoms with E-state index in [-0.39, 0.29) is 0 Å². The molecule has 0 aromatic heterocycles. The van der Waals surface area contributed by atoms with Gasteiger partial charge in [-0.05, 0) is 11.8 Å². The molecule has 1 rings (SSSR count). The molecule has 0 saturated heterocycles. The molecule has 1 N–H and O–H groups in total. The lowest BCUT2D eigenvalue weighted by Gasteiger charge is -2.14. The Balaban J connectivity index is 0.000000791. The molecule has 0 radical (unpaired) electrons. The summed E-state index contributed by atoms with van der Waals surface area (Å²) in [6, 6.07) is 0. The third-order valence-corrected chi connectivity index (χ3v) is 3.61. The Morgan fingerprint density at radius 3 is 2.00 bits per heavy atom. The van der Waals surface area contributed by atoms with Gasteiger partial charge in [-0.15, -0.1) is 0 Å². The number of aliphatic hydroxyl groups is 1. The molecule has 0 spiro atoms. The first kappa shape index (κ1) is 14.0. The second kappa shape index (κ2) is 9.51. The van der Waals surface area contributed by atoms with E-state index in [1.165, 1.54) is 51.4 Å². The molecule has 86 valence electrons. The fourth-order valence-electron chi connectivity index (χ4n) is 2.47. The summed E-state index contributed by atoms with van der Waals surface area (Å²) in [6.07, 6.45) is 11.9. The predicted molar refractivity (Wildman–Crippen MR) is 63.4 cm³/mol. The van der Waals surface area contributed by atoms with Crippen LogP contribution in [0.1, 0.15) is 65.2 Å². The van der Waals surface area contributed by atoms with Crippen molar-refractivity contribution in [1.29, 1.82) is 0 Å². The smallest absolute Gasteiger partial charge is 0.0319 e. The molecule has 1 nitrogen and oxygen atoms in total. The fraction of sp³-hybridized carbons (Fsp3) is 1.00. The molecule has 0 aromatic rings. The minimum Gasteiger partial charge on any atom is -0.400 e. The van der Waals surface area contributed by atoms with Gasteiger partial charge in [-0.1, -0.05) is 65.2 Å². The highest BCUT2D eigenvalue weighted by atomic mass is 16.2. The number of hydrogen-bond acceptors (Lipinski definition) is 1. The van der Waals surface area contributed by atoms with E-state index in [1.54, 1.807) is 0 Å². The van der Waals surface area contributed by atoms with Gasteiger partial charge in [0, 0.05) is 7.11 Å². The predicted octanol–water partition coefficient (Wildman–Crippen LogP) is 4.00. The van der Waals surface area contributed by atoms with Crippen molar-refractivity contribution in [3.05, 3.63) is 0 Å². The SMILES string of the molecule is CCC(CC)CCC1CCCC1.CO. The maximum absolute atomic E-state index is 7.00. The van der Waals surface area contributed by atoms with Gasteiger partial charge < -0.3 is 5.11 Å². The normalized spacial score (nSPS) is 16.9. The molecule has 14 heavy (non-hydrogen) atoms. The van der Waals surface area contributed by atoms with Crippen LogP contribution >= 0.6 is 0 Å². The average molecular weight is 200 g/mol. The maximum Gasteiger partial charge on any atom is 0.0319 e. The highest BCUT2D eigenvalue weighted by molar-refractivity contribution is 4.68. The monoisotopic (exact) mass is 200 g/mol. The molecule has 1 aliphatic carbocycles. The van der Waals surface area contributed by atoms with Crippen molar-refractivity contribution in [2.24, 2.45) is 11.8 Å². The number of hydrogen-bond donors (Lipinski definition) is 1. The third kappa shape index (κ3) is 5.64. The molecule has 0 unspecified atom stereocenters. The Bertz CT molecular complexity index is 99.8. The summed E-state index contributed by atoms with van der Waals surface area (Å²) < 4.78 is 0. The molecule has 1 aliphatic rings.